The Kier molecular flexibility index (Phi) is 6.49. The highest BCUT2D eigenvalue weighted by atomic mass is 32.1. The number of hydrogen-bond acceptors (Lipinski definition) is 4. The highest BCUT2D eigenvalue weighted by molar-refractivity contribution is 7.15. The Bertz CT molecular complexity index is 846. The maximum atomic E-state index is 13.1. The van der Waals surface area contributed by atoms with Gasteiger partial charge >= 0.3 is 0 Å². The lowest BCUT2D eigenvalue weighted by atomic mass is 9.84. The van der Waals surface area contributed by atoms with E-state index in [4.69, 9.17) is 4.74 Å². The molecule has 0 aliphatic carbocycles. The topological polar surface area (TPSA) is 41.6 Å². The Balaban J connectivity index is 2.01. The van der Waals surface area contributed by atoms with Gasteiger partial charge in [-0.3, -0.25) is 4.79 Å². The third kappa shape index (κ3) is 4.41. The van der Waals surface area contributed by atoms with Gasteiger partial charge in [-0.2, -0.15) is 0 Å². The summed E-state index contributed by atoms with van der Waals surface area (Å²) in [6, 6.07) is 4.31. The fourth-order valence-electron chi connectivity index (χ4n) is 4.21. The van der Waals surface area contributed by atoms with Gasteiger partial charge in [0.25, 0.3) is 5.91 Å². The Hall–Kier alpha value is -2.11. The highest BCUT2D eigenvalue weighted by Gasteiger charge is 2.38. The third-order valence-corrected chi connectivity index (χ3v) is 6.59. The fourth-order valence-corrected chi connectivity index (χ4v) is 5.19. The highest BCUT2D eigenvalue weighted by Crippen LogP contribution is 2.44. The minimum absolute atomic E-state index is 0.0866. The van der Waals surface area contributed by atoms with Crippen LogP contribution in [0.5, 0.6) is 0 Å². The van der Waals surface area contributed by atoms with Crippen molar-refractivity contribution >= 4 is 22.8 Å². The second-order valence-electron chi connectivity index (χ2n) is 8.28. The summed E-state index contributed by atoms with van der Waals surface area (Å²) in [5, 5.41) is 3.40. The van der Waals surface area contributed by atoms with Crippen molar-refractivity contribution in [3.8, 4) is 0 Å². The molecule has 1 aromatic rings. The van der Waals surface area contributed by atoms with Gasteiger partial charge in [0.05, 0.1) is 4.88 Å². The molecule has 0 atom stereocenters. The molecule has 3 heterocycles. The molecule has 1 N–H and O–H groups in total. The van der Waals surface area contributed by atoms with E-state index in [2.05, 4.69) is 52.2 Å². The molecule has 2 aliphatic rings. The molecular weight excluding hydrogens is 380 g/mol. The van der Waals surface area contributed by atoms with E-state index >= 15 is 0 Å². The Morgan fingerprint density at radius 1 is 1.24 bits per heavy atom. The summed E-state index contributed by atoms with van der Waals surface area (Å²) in [5.41, 5.74) is 1.70. The van der Waals surface area contributed by atoms with Gasteiger partial charge in [-0.05, 0) is 59.0 Å². The number of amides is 1. The zero-order chi connectivity index (χ0) is 21.2. The quantitative estimate of drug-likeness (QED) is 0.725. The van der Waals surface area contributed by atoms with Crippen molar-refractivity contribution in [2.75, 3.05) is 13.1 Å². The zero-order valence-corrected chi connectivity index (χ0v) is 18.8. The van der Waals surface area contributed by atoms with Crippen molar-refractivity contribution in [3.05, 3.63) is 64.6 Å². The molecule has 5 heteroatoms. The SMILES string of the molecule is C=C/C=C1\C(=C)OC2(C=C1c1ccc(C(=O)N(C(C)C)C(C)C)s1)CCNCC2. The first-order valence-corrected chi connectivity index (χ1v) is 11.2. The van der Waals surface area contributed by atoms with E-state index in [1.807, 2.05) is 23.1 Å². The molecule has 0 aromatic carbocycles. The number of thiophene rings is 1. The van der Waals surface area contributed by atoms with E-state index in [0.717, 1.165) is 46.8 Å². The number of piperidine rings is 1. The molecule has 4 nitrogen and oxygen atoms in total. The lowest BCUT2D eigenvalue weighted by Gasteiger charge is -2.40. The van der Waals surface area contributed by atoms with Crippen molar-refractivity contribution < 1.29 is 9.53 Å². The average molecular weight is 413 g/mol. The van der Waals surface area contributed by atoms with Crippen molar-refractivity contribution in [1.82, 2.24) is 10.2 Å². The molecule has 156 valence electrons. The Morgan fingerprint density at radius 3 is 2.48 bits per heavy atom. The molecule has 1 aromatic heterocycles. The Labute approximate surface area is 178 Å². The molecule has 0 bridgehead atoms. The largest absolute Gasteiger partial charge is 0.483 e. The minimum atomic E-state index is -0.327. The van der Waals surface area contributed by atoms with Crippen molar-refractivity contribution in [1.29, 1.82) is 0 Å². The van der Waals surface area contributed by atoms with E-state index in [9.17, 15) is 4.79 Å². The molecular formula is C24H32N2O2S. The van der Waals surface area contributed by atoms with Gasteiger partial charge in [-0.15, -0.1) is 11.3 Å². The molecule has 1 fully saturated rings. The second kappa shape index (κ2) is 8.72. The van der Waals surface area contributed by atoms with E-state index in [1.54, 1.807) is 17.4 Å². The van der Waals surface area contributed by atoms with E-state index in [-0.39, 0.29) is 23.6 Å². The summed E-state index contributed by atoms with van der Waals surface area (Å²) in [7, 11) is 0. The van der Waals surface area contributed by atoms with Gasteiger partial charge in [-0.1, -0.05) is 25.3 Å². The number of allylic oxidation sites excluding steroid dienone is 3. The number of ether oxygens (including phenoxy) is 1. The van der Waals surface area contributed by atoms with Crippen LogP contribution in [0, 0.1) is 0 Å². The van der Waals surface area contributed by atoms with Crippen LogP contribution in [-0.2, 0) is 4.74 Å². The van der Waals surface area contributed by atoms with Crippen molar-refractivity contribution in [2.45, 2.75) is 58.2 Å². The van der Waals surface area contributed by atoms with E-state index < -0.39 is 0 Å². The monoisotopic (exact) mass is 412 g/mol. The van der Waals surface area contributed by atoms with Crippen LogP contribution < -0.4 is 5.32 Å². The zero-order valence-electron chi connectivity index (χ0n) is 18.0. The van der Waals surface area contributed by atoms with Crippen LogP contribution >= 0.6 is 11.3 Å². The first-order valence-electron chi connectivity index (χ1n) is 10.4. The van der Waals surface area contributed by atoms with E-state index in [1.165, 1.54) is 0 Å². The van der Waals surface area contributed by atoms with Crippen LogP contribution in [0.25, 0.3) is 5.57 Å². The lowest BCUT2D eigenvalue weighted by molar-refractivity contribution is 0.0210. The summed E-state index contributed by atoms with van der Waals surface area (Å²) in [4.78, 5) is 16.9. The standard InChI is InChI=1S/C24H32N2O2S/c1-7-8-19-18(6)28-24(11-13-25-14-12-24)15-20(19)21-9-10-22(29-21)23(27)26(16(2)3)17(4)5/h7-10,15-17,25H,1,6,11-14H2,2-5H3/b19-8+. The van der Waals surface area contributed by atoms with Crippen LogP contribution in [0.1, 0.15) is 55.1 Å². The van der Waals surface area contributed by atoms with Crippen LogP contribution in [-0.4, -0.2) is 41.6 Å². The summed E-state index contributed by atoms with van der Waals surface area (Å²) >= 11 is 1.54. The normalized spacial score (nSPS) is 20.1. The smallest absolute Gasteiger partial charge is 0.264 e. The second-order valence-corrected chi connectivity index (χ2v) is 9.36. The maximum absolute atomic E-state index is 13.1. The molecule has 29 heavy (non-hydrogen) atoms. The summed E-state index contributed by atoms with van der Waals surface area (Å²) in [5.74, 6) is 0.764. The molecule has 1 spiro atoms. The predicted octanol–water partition coefficient (Wildman–Crippen LogP) is 5.17. The summed E-state index contributed by atoms with van der Waals surface area (Å²) in [6.07, 6.45) is 7.75. The van der Waals surface area contributed by atoms with E-state index in [0.29, 0.717) is 5.76 Å². The first-order chi connectivity index (χ1) is 13.8. The number of hydrogen-bond donors (Lipinski definition) is 1. The predicted molar refractivity (Wildman–Crippen MR) is 122 cm³/mol. The minimum Gasteiger partial charge on any atom is -0.483 e. The van der Waals surface area contributed by atoms with Gasteiger partial charge in [0.2, 0.25) is 0 Å². The first kappa shape index (κ1) is 21.6. The molecule has 0 radical (unpaired) electrons. The number of nitrogens with one attached hydrogen (secondary N) is 1. The van der Waals surface area contributed by atoms with Crippen LogP contribution in [0.4, 0.5) is 0 Å². The number of nitrogens with zero attached hydrogens (tertiary/aromatic N) is 1. The maximum Gasteiger partial charge on any atom is 0.264 e. The van der Waals surface area contributed by atoms with Gasteiger partial charge in [-0.25, -0.2) is 0 Å². The Morgan fingerprint density at radius 2 is 1.90 bits per heavy atom. The summed E-state index contributed by atoms with van der Waals surface area (Å²) < 4.78 is 6.29. The number of carbonyl (C=O) groups is 1. The number of rotatable bonds is 5. The molecule has 1 amide bonds. The van der Waals surface area contributed by atoms with Crippen LogP contribution in [0.3, 0.4) is 0 Å². The molecule has 3 rings (SSSR count). The molecule has 2 aliphatic heterocycles. The molecule has 0 unspecified atom stereocenters. The summed E-state index contributed by atoms with van der Waals surface area (Å²) in [6.45, 7) is 18.1. The van der Waals surface area contributed by atoms with Crippen LogP contribution in [0.2, 0.25) is 0 Å². The van der Waals surface area contributed by atoms with Crippen LogP contribution in [0.15, 0.2) is 54.9 Å². The fraction of sp³-hybridized carbons (Fsp3) is 0.458. The average Bonchev–Trinajstić information content (AvgIpc) is 3.14. The third-order valence-electron chi connectivity index (χ3n) is 5.49. The van der Waals surface area contributed by atoms with Gasteiger partial charge in [0, 0.05) is 40.9 Å². The van der Waals surface area contributed by atoms with Gasteiger partial charge in [0.1, 0.15) is 11.4 Å². The molecule has 1 saturated heterocycles. The van der Waals surface area contributed by atoms with Gasteiger partial charge in [0.15, 0.2) is 0 Å². The van der Waals surface area contributed by atoms with Crippen molar-refractivity contribution in [3.63, 3.8) is 0 Å². The lowest BCUT2D eigenvalue weighted by Crippen LogP contribution is -2.44. The van der Waals surface area contributed by atoms with Gasteiger partial charge < -0.3 is 15.0 Å². The number of carbonyl (C=O) groups excluding carboxylic acids is 1. The van der Waals surface area contributed by atoms with Crippen molar-refractivity contribution in [2.24, 2.45) is 0 Å². The molecule has 0 saturated carbocycles.